The first-order chi connectivity index (χ1) is 9.69. The van der Waals surface area contributed by atoms with Crippen LogP contribution in [0.15, 0.2) is 30.5 Å². The van der Waals surface area contributed by atoms with Gasteiger partial charge < -0.3 is 9.30 Å². The van der Waals surface area contributed by atoms with E-state index in [1.54, 1.807) is 0 Å². The summed E-state index contributed by atoms with van der Waals surface area (Å²) < 4.78 is 6.97. The molecule has 0 radical (unpaired) electrons. The second-order valence-electron chi connectivity index (χ2n) is 5.27. The molecule has 0 bridgehead atoms. The molecule has 0 fully saturated rings. The second-order valence-corrected chi connectivity index (χ2v) is 5.27. The number of esters is 1. The van der Waals surface area contributed by atoms with Crippen molar-refractivity contribution in [3.05, 3.63) is 41.9 Å². The fraction of sp³-hybridized carbons (Fsp3) is 0.375. The topological polar surface area (TPSA) is 44.1 Å². The van der Waals surface area contributed by atoms with Crippen molar-refractivity contribution < 1.29 is 9.53 Å². The van der Waals surface area contributed by atoms with Gasteiger partial charge in [0.05, 0.1) is 12.8 Å². The van der Waals surface area contributed by atoms with E-state index < -0.39 is 0 Å². The number of imidazole rings is 1. The Morgan fingerprint density at radius 1 is 1.45 bits per heavy atom. The molecular formula is C16H18N2O2. The molecule has 1 aromatic carbocycles. The van der Waals surface area contributed by atoms with Crippen molar-refractivity contribution in [3.63, 3.8) is 0 Å². The molecule has 104 valence electrons. The summed E-state index contributed by atoms with van der Waals surface area (Å²) >= 11 is 0. The highest BCUT2D eigenvalue weighted by Crippen LogP contribution is 2.30. The van der Waals surface area contributed by atoms with Gasteiger partial charge in [0.15, 0.2) is 0 Å². The molecule has 2 heterocycles. The minimum Gasteiger partial charge on any atom is -0.468 e. The Kier molecular flexibility index (Phi) is 3.30. The lowest BCUT2D eigenvalue weighted by Gasteiger charge is -2.20. The summed E-state index contributed by atoms with van der Waals surface area (Å²) in [5.41, 5.74) is 3.23. The van der Waals surface area contributed by atoms with Gasteiger partial charge in [0.2, 0.25) is 0 Å². The van der Waals surface area contributed by atoms with Crippen LogP contribution in [0.5, 0.6) is 0 Å². The van der Waals surface area contributed by atoms with E-state index in [-0.39, 0.29) is 11.9 Å². The van der Waals surface area contributed by atoms with Crippen molar-refractivity contribution in [2.24, 2.45) is 0 Å². The van der Waals surface area contributed by atoms with E-state index >= 15 is 0 Å². The van der Waals surface area contributed by atoms with Crippen LogP contribution in [-0.4, -0.2) is 22.6 Å². The minimum absolute atomic E-state index is 0.188. The number of methoxy groups -OCH3 is 1. The first kappa shape index (κ1) is 12.9. The normalized spacial score (nSPS) is 17.6. The lowest BCUT2D eigenvalue weighted by Crippen LogP contribution is -2.23. The summed E-state index contributed by atoms with van der Waals surface area (Å²) in [6, 6.07) is 8.26. The zero-order valence-corrected chi connectivity index (χ0v) is 11.8. The van der Waals surface area contributed by atoms with E-state index in [4.69, 9.17) is 4.74 Å². The SMILES string of the molecule is COC(=O)C1CCCn2cc(-c3cccc(C)c3)nc21. The first-order valence-electron chi connectivity index (χ1n) is 6.91. The highest BCUT2D eigenvalue weighted by Gasteiger charge is 2.29. The number of aromatic nitrogens is 2. The van der Waals surface area contributed by atoms with Gasteiger partial charge in [-0.15, -0.1) is 0 Å². The van der Waals surface area contributed by atoms with Crippen LogP contribution in [0.4, 0.5) is 0 Å². The molecule has 0 aliphatic carbocycles. The zero-order valence-electron chi connectivity index (χ0n) is 11.8. The number of carbonyl (C=O) groups excluding carboxylic acids is 1. The number of ether oxygens (including phenoxy) is 1. The Labute approximate surface area is 118 Å². The van der Waals surface area contributed by atoms with E-state index in [9.17, 15) is 4.79 Å². The first-order valence-corrected chi connectivity index (χ1v) is 6.91. The molecule has 20 heavy (non-hydrogen) atoms. The van der Waals surface area contributed by atoms with Crippen LogP contribution in [0.1, 0.15) is 30.1 Å². The number of hydrogen-bond donors (Lipinski definition) is 0. The third-order valence-corrected chi connectivity index (χ3v) is 3.81. The van der Waals surface area contributed by atoms with Crippen LogP contribution in [0.2, 0.25) is 0 Å². The molecule has 0 saturated carbocycles. The van der Waals surface area contributed by atoms with E-state index in [0.717, 1.165) is 36.5 Å². The standard InChI is InChI=1S/C16H18N2O2/c1-11-5-3-6-12(9-11)14-10-18-8-4-7-13(15(18)17-14)16(19)20-2/h3,5-6,9-10,13H,4,7-8H2,1-2H3. The average Bonchev–Trinajstić information content (AvgIpc) is 2.90. The summed E-state index contributed by atoms with van der Waals surface area (Å²) in [7, 11) is 1.44. The molecule has 4 heteroatoms. The number of aryl methyl sites for hydroxylation is 2. The number of nitrogens with zero attached hydrogens (tertiary/aromatic N) is 2. The van der Waals surface area contributed by atoms with Gasteiger partial charge in [-0.25, -0.2) is 4.98 Å². The van der Waals surface area contributed by atoms with Crippen molar-refractivity contribution in [1.82, 2.24) is 9.55 Å². The van der Waals surface area contributed by atoms with Crippen molar-refractivity contribution in [3.8, 4) is 11.3 Å². The Balaban J connectivity index is 2.01. The second kappa shape index (κ2) is 5.12. The van der Waals surface area contributed by atoms with Gasteiger partial charge in [0.25, 0.3) is 0 Å². The molecule has 1 unspecified atom stereocenters. The van der Waals surface area contributed by atoms with Gasteiger partial charge in [-0.05, 0) is 25.8 Å². The van der Waals surface area contributed by atoms with E-state index in [1.807, 2.05) is 12.3 Å². The van der Waals surface area contributed by atoms with Crippen LogP contribution in [0.3, 0.4) is 0 Å². The van der Waals surface area contributed by atoms with Gasteiger partial charge >= 0.3 is 5.97 Å². The predicted octanol–water partition coefficient (Wildman–Crippen LogP) is 2.91. The molecule has 3 rings (SSSR count). The number of hydrogen-bond acceptors (Lipinski definition) is 3. The Morgan fingerprint density at radius 2 is 2.30 bits per heavy atom. The molecule has 0 saturated heterocycles. The maximum absolute atomic E-state index is 11.9. The largest absolute Gasteiger partial charge is 0.468 e. The molecule has 1 aromatic heterocycles. The van der Waals surface area contributed by atoms with Crippen LogP contribution in [0.25, 0.3) is 11.3 Å². The third kappa shape index (κ3) is 2.22. The molecule has 0 amide bonds. The van der Waals surface area contributed by atoms with E-state index in [2.05, 4.69) is 34.7 Å². The molecular weight excluding hydrogens is 252 g/mol. The lowest BCUT2D eigenvalue weighted by molar-refractivity contribution is -0.143. The van der Waals surface area contributed by atoms with Gasteiger partial charge in [-0.3, -0.25) is 4.79 Å². The number of fused-ring (bicyclic) bond motifs is 1. The predicted molar refractivity (Wildman–Crippen MR) is 76.4 cm³/mol. The van der Waals surface area contributed by atoms with Crippen molar-refractivity contribution in [2.45, 2.75) is 32.2 Å². The van der Waals surface area contributed by atoms with Gasteiger partial charge in [0, 0.05) is 18.3 Å². The smallest absolute Gasteiger partial charge is 0.316 e. The van der Waals surface area contributed by atoms with Crippen LogP contribution in [-0.2, 0) is 16.1 Å². The van der Waals surface area contributed by atoms with Gasteiger partial charge in [-0.1, -0.05) is 23.8 Å². The molecule has 0 spiro atoms. The van der Waals surface area contributed by atoms with Gasteiger partial charge in [0.1, 0.15) is 11.7 Å². The van der Waals surface area contributed by atoms with Crippen LogP contribution in [0, 0.1) is 6.92 Å². The summed E-state index contributed by atoms with van der Waals surface area (Å²) in [6.45, 7) is 2.98. The highest BCUT2D eigenvalue weighted by atomic mass is 16.5. The average molecular weight is 270 g/mol. The molecule has 1 aliphatic heterocycles. The van der Waals surface area contributed by atoms with Crippen LogP contribution >= 0.6 is 0 Å². The fourth-order valence-corrected chi connectivity index (χ4v) is 2.79. The van der Waals surface area contributed by atoms with Gasteiger partial charge in [-0.2, -0.15) is 0 Å². The monoisotopic (exact) mass is 270 g/mol. The summed E-state index contributed by atoms with van der Waals surface area (Å²) in [4.78, 5) is 16.5. The van der Waals surface area contributed by atoms with E-state index in [1.165, 1.54) is 12.7 Å². The Bertz CT molecular complexity index is 646. The summed E-state index contributed by atoms with van der Waals surface area (Å²) in [6.07, 6.45) is 3.84. The van der Waals surface area contributed by atoms with Crippen molar-refractivity contribution in [1.29, 1.82) is 0 Å². The third-order valence-electron chi connectivity index (χ3n) is 3.81. The van der Waals surface area contributed by atoms with Crippen LogP contribution < -0.4 is 0 Å². The quantitative estimate of drug-likeness (QED) is 0.788. The maximum atomic E-state index is 11.9. The number of carbonyl (C=O) groups is 1. The molecule has 1 atom stereocenters. The fourth-order valence-electron chi connectivity index (χ4n) is 2.79. The molecule has 1 aliphatic rings. The number of rotatable bonds is 2. The van der Waals surface area contributed by atoms with Crippen molar-refractivity contribution >= 4 is 5.97 Å². The summed E-state index contributed by atoms with van der Waals surface area (Å²) in [5, 5.41) is 0. The highest BCUT2D eigenvalue weighted by molar-refractivity contribution is 5.77. The summed E-state index contributed by atoms with van der Waals surface area (Å²) in [5.74, 6) is 0.416. The Hall–Kier alpha value is -2.10. The Morgan fingerprint density at radius 3 is 3.05 bits per heavy atom. The molecule has 0 N–H and O–H groups in total. The maximum Gasteiger partial charge on any atom is 0.316 e. The molecule has 4 nitrogen and oxygen atoms in total. The zero-order chi connectivity index (χ0) is 14.1. The van der Waals surface area contributed by atoms with Crippen molar-refractivity contribution in [2.75, 3.05) is 7.11 Å². The lowest BCUT2D eigenvalue weighted by atomic mass is 9.99. The molecule has 2 aromatic rings. The van der Waals surface area contributed by atoms with E-state index in [0.29, 0.717) is 0 Å². The number of benzene rings is 1. The minimum atomic E-state index is -0.229.